The summed E-state index contributed by atoms with van der Waals surface area (Å²) in [6, 6.07) is 13.9. The molecule has 0 radical (unpaired) electrons. The minimum atomic E-state index is -4.69. The number of thiazole rings is 1. The zero-order chi connectivity index (χ0) is 19.6. The second kappa shape index (κ2) is 7.32. The third kappa shape index (κ3) is 4.06. The van der Waals surface area contributed by atoms with E-state index in [4.69, 9.17) is 5.41 Å². The van der Waals surface area contributed by atoms with Crippen LogP contribution >= 0.6 is 11.3 Å². The van der Waals surface area contributed by atoms with Gasteiger partial charge in [0.15, 0.2) is 5.69 Å². The van der Waals surface area contributed by atoms with Crippen molar-refractivity contribution in [3.8, 4) is 11.1 Å². The van der Waals surface area contributed by atoms with Gasteiger partial charge in [0.2, 0.25) is 0 Å². The van der Waals surface area contributed by atoms with E-state index < -0.39 is 22.7 Å². The van der Waals surface area contributed by atoms with Crippen LogP contribution in [-0.4, -0.2) is 17.1 Å². The molecule has 0 fully saturated rings. The van der Waals surface area contributed by atoms with Gasteiger partial charge in [-0.05, 0) is 24.1 Å². The van der Waals surface area contributed by atoms with E-state index in [9.17, 15) is 18.0 Å². The molecule has 1 amide bonds. The average molecular weight is 389 g/mol. The maximum absolute atomic E-state index is 13.1. The molecule has 4 nitrogen and oxygen atoms in total. The number of amides is 1. The van der Waals surface area contributed by atoms with Crippen LogP contribution in [0.3, 0.4) is 0 Å². The van der Waals surface area contributed by atoms with Crippen molar-refractivity contribution in [1.82, 2.24) is 4.98 Å². The summed E-state index contributed by atoms with van der Waals surface area (Å²) < 4.78 is 39.4. The largest absolute Gasteiger partial charge is 0.435 e. The van der Waals surface area contributed by atoms with Crippen LogP contribution in [0.4, 0.5) is 18.9 Å². The Hall–Kier alpha value is -3.00. The lowest BCUT2D eigenvalue weighted by Crippen LogP contribution is -2.17. The van der Waals surface area contributed by atoms with Crippen LogP contribution in [0.5, 0.6) is 0 Å². The minimum absolute atomic E-state index is 0.169. The summed E-state index contributed by atoms with van der Waals surface area (Å²) in [4.78, 5) is 15.5. The van der Waals surface area contributed by atoms with E-state index in [2.05, 4.69) is 10.3 Å². The summed E-state index contributed by atoms with van der Waals surface area (Å²) in [5.41, 5.74) is 1.38. The van der Waals surface area contributed by atoms with Gasteiger partial charge in [0.05, 0.1) is 5.01 Å². The summed E-state index contributed by atoms with van der Waals surface area (Å²) >= 11 is 0.707. The van der Waals surface area contributed by atoms with Crippen molar-refractivity contribution >= 4 is 29.1 Å². The molecule has 1 heterocycles. The van der Waals surface area contributed by atoms with Gasteiger partial charge < -0.3 is 10.7 Å². The first-order valence-corrected chi connectivity index (χ1v) is 8.67. The smallest absolute Gasteiger partial charge is 0.321 e. The van der Waals surface area contributed by atoms with Crippen molar-refractivity contribution in [1.29, 1.82) is 5.41 Å². The fourth-order valence-corrected chi connectivity index (χ4v) is 3.39. The van der Waals surface area contributed by atoms with E-state index >= 15 is 0 Å². The lowest BCUT2D eigenvalue weighted by atomic mass is 10.0. The number of benzene rings is 2. The molecule has 0 unspecified atom stereocenters. The third-order valence-electron chi connectivity index (χ3n) is 3.77. The van der Waals surface area contributed by atoms with E-state index in [1.807, 2.05) is 0 Å². The number of rotatable bonds is 4. The van der Waals surface area contributed by atoms with Gasteiger partial charge in [-0.3, -0.25) is 4.79 Å². The molecule has 138 valence electrons. The monoisotopic (exact) mass is 389 g/mol. The van der Waals surface area contributed by atoms with E-state index in [0.717, 1.165) is 11.1 Å². The maximum Gasteiger partial charge on any atom is 0.435 e. The van der Waals surface area contributed by atoms with Gasteiger partial charge in [0, 0.05) is 17.5 Å². The van der Waals surface area contributed by atoms with Gasteiger partial charge in [-0.2, -0.15) is 13.2 Å². The van der Waals surface area contributed by atoms with Gasteiger partial charge in [-0.1, -0.05) is 42.5 Å². The van der Waals surface area contributed by atoms with E-state index in [0.29, 0.717) is 22.6 Å². The van der Waals surface area contributed by atoms with Gasteiger partial charge in [-0.15, -0.1) is 11.3 Å². The summed E-state index contributed by atoms with van der Waals surface area (Å²) in [7, 11) is 0. The number of carbonyl (C=O) groups excluding carboxylic acids is 1. The lowest BCUT2D eigenvalue weighted by Gasteiger charge is -2.12. The summed E-state index contributed by atoms with van der Waals surface area (Å²) in [6.07, 6.45) is -3.48. The molecular formula is C19H14F3N3OS. The molecule has 0 aliphatic heterocycles. The van der Waals surface area contributed by atoms with E-state index in [1.165, 1.54) is 13.1 Å². The highest BCUT2D eigenvalue weighted by atomic mass is 32.1. The van der Waals surface area contributed by atoms with Crippen LogP contribution in [0.25, 0.3) is 11.1 Å². The van der Waals surface area contributed by atoms with Gasteiger partial charge >= 0.3 is 6.18 Å². The normalized spacial score (nSPS) is 11.3. The molecule has 2 aromatic carbocycles. The Morgan fingerprint density at radius 2 is 1.81 bits per heavy atom. The van der Waals surface area contributed by atoms with Gasteiger partial charge in [-0.25, -0.2) is 4.98 Å². The number of halogens is 3. The Kier molecular flexibility index (Phi) is 5.09. The fraction of sp³-hybridized carbons (Fsp3) is 0.105. The fourth-order valence-electron chi connectivity index (χ4n) is 2.55. The molecule has 2 N–H and O–H groups in total. The summed E-state index contributed by atoms with van der Waals surface area (Å²) in [6.45, 7) is 1.43. The molecule has 1 aromatic heterocycles. The topological polar surface area (TPSA) is 65.8 Å². The van der Waals surface area contributed by atoms with Crippen LogP contribution < -0.4 is 5.32 Å². The molecule has 0 aliphatic carbocycles. The van der Waals surface area contributed by atoms with Crippen molar-refractivity contribution < 1.29 is 18.0 Å². The van der Waals surface area contributed by atoms with E-state index in [1.54, 1.807) is 48.5 Å². The average Bonchev–Trinajstić information content (AvgIpc) is 3.05. The number of nitrogens with zero attached hydrogens (tertiary/aromatic N) is 1. The SMILES string of the molecule is Cc1nc(C(F)(F)F)c(C(=O)Nc2ccccc2-c2ccc(C=N)cc2)s1. The highest BCUT2D eigenvalue weighted by molar-refractivity contribution is 7.13. The Bertz CT molecular complexity index is 994. The standard InChI is InChI=1S/C19H14F3N3OS/c1-11-24-17(19(20,21)22)16(27-11)18(26)25-15-5-3-2-4-14(15)13-8-6-12(10-23)7-9-13/h2-10,23H,1H3,(H,25,26). The van der Waals surface area contributed by atoms with Gasteiger partial charge in [0.1, 0.15) is 4.88 Å². The zero-order valence-corrected chi connectivity index (χ0v) is 14.9. The van der Waals surface area contributed by atoms with Crippen molar-refractivity contribution in [2.24, 2.45) is 0 Å². The first kappa shape index (κ1) is 18.8. The van der Waals surface area contributed by atoms with Crippen LogP contribution in [0, 0.1) is 12.3 Å². The molecule has 0 saturated heterocycles. The van der Waals surface area contributed by atoms with Crippen molar-refractivity contribution in [3.05, 3.63) is 69.7 Å². The number of alkyl halides is 3. The third-order valence-corrected chi connectivity index (χ3v) is 4.74. The number of aromatic nitrogens is 1. The Balaban J connectivity index is 1.95. The van der Waals surface area contributed by atoms with Crippen LogP contribution in [0.2, 0.25) is 0 Å². The molecule has 0 bridgehead atoms. The quantitative estimate of drug-likeness (QED) is 0.588. The second-order valence-corrected chi connectivity index (χ2v) is 6.88. The number of aryl methyl sites for hydroxylation is 1. The van der Waals surface area contributed by atoms with E-state index in [-0.39, 0.29) is 5.01 Å². The van der Waals surface area contributed by atoms with Crippen molar-refractivity contribution in [3.63, 3.8) is 0 Å². The Morgan fingerprint density at radius 3 is 2.44 bits per heavy atom. The summed E-state index contributed by atoms with van der Waals surface area (Å²) in [5, 5.41) is 9.98. The number of hydrogen-bond acceptors (Lipinski definition) is 4. The van der Waals surface area contributed by atoms with Crippen molar-refractivity contribution in [2.45, 2.75) is 13.1 Å². The predicted octanol–water partition coefficient (Wildman–Crippen LogP) is 5.39. The second-order valence-electron chi connectivity index (χ2n) is 5.67. The van der Waals surface area contributed by atoms with Crippen LogP contribution in [0.1, 0.15) is 25.9 Å². The molecule has 0 spiro atoms. The summed E-state index contributed by atoms with van der Waals surface area (Å²) in [5.74, 6) is -0.850. The van der Waals surface area contributed by atoms with Crippen molar-refractivity contribution in [2.75, 3.05) is 5.32 Å². The lowest BCUT2D eigenvalue weighted by molar-refractivity contribution is -0.141. The molecule has 8 heteroatoms. The molecule has 0 saturated carbocycles. The van der Waals surface area contributed by atoms with Gasteiger partial charge in [0.25, 0.3) is 5.91 Å². The highest BCUT2D eigenvalue weighted by Crippen LogP contribution is 2.35. The number of hydrogen-bond donors (Lipinski definition) is 2. The number of carbonyl (C=O) groups is 1. The minimum Gasteiger partial charge on any atom is -0.321 e. The Morgan fingerprint density at radius 1 is 1.15 bits per heavy atom. The number of anilines is 1. The van der Waals surface area contributed by atoms with Crippen LogP contribution in [0.15, 0.2) is 48.5 Å². The number of nitrogens with one attached hydrogen (secondary N) is 2. The molecular weight excluding hydrogens is 375 g/mol. The molecule has 0 atom stereocenters. The zero-order valence-electron chi connectivity index (χ0n) is 14.1. The Labute approximate surface area is 157 Å². The highest BCUT2D eigenvalue weighted by Gasteiger charge is 2.39. The molecule has 3 rings (SSSR count). The first-order valence-electron chi connectivity index (χ1n) is 7.85. The first-order chi connectivity index (χ1) is 12.8. The molecule has 0 aliphatic rings. The molecule has 3 aromatic rings. The number of para-hydroxylation sites is 1. The molecule has 27 heavy (non-hydrogen) atoms. The predicted molar refractivity (Wildman–Crippen MR) is 99.6 cm³/mol. The van der Waals surface area contributed by atoms with Crippen LogP contribution in [-0.2, 0) is 6.18 Å². The maximum atomic E-state index is 13.1.